The van der Waals surface area contributed by atoms with E-state index in [4.69, 9.17) is 9.15 Å². The van der Waals surface area contributed by atoms with Gasteiger partial charge in [-0.1, -0.05) is 12.8 Å². The predicted octanol–water partition coefficient (Wildman–Crippen LogP) is 1.93. The molecule has 1 N–H and O–H groups in total. The van der Waals surface area contributed by atoms with E-state index < -0.39 is 0 Å². The van der Waals surface area contributed by atoms with Crippen molar-refractivity contribution in [3.8, 4) is 0 Å². The maximum absolute atomic E-state index is 12.6. The van der Waals surface area contributed by atoms with Crippen LogP contribution in [-0.4, -0.2) is 42.1 Å². The molecule has 3 rings (SSSR count). The van der Waals surface area contributed by atoms with E-state index in [9.17, 15) is 4.79 Å². The van der Waals surface area contributed by atoms with Crippen LogP contribution >= 0.6 is 0 Å². The molecule has 0 radical (unpaired) electrons. The fraction of sp³-hybridized carbons (Fsp3) is 0.688. The molecule has 1 amide bonds. The fourth-order valence-electron chi connectivity index (χ4n) is 3.11. The first-order valence-corrected chi connectivity index (χ1v) is 7.83. The highest BCUT2D eigenvalue weighted by molar-refractivity contribution is 5.77. The van der Waals surface area contributed by atoms with Gasteiger partial charge in [-0.2, -0.15) is 0 Å². The van der Waals surface area contributed by atoms with E-state index in [2.05, 4.69) is 5.32 Å². The number of nitrogens with zero attached hydrogens (tertiary/aromatic N) is 1. The van der Waals surface area contributed by atoms with Crippen molar-refractivity contribution in [1.82, 2.24) is 10.2 Å². The van der Waals surface area contributed by atoms with Crippen molar-refractivity contribution in [2.75, 3.05) is 19.7 Å². The van der Waals surface area contributed by atoms with Gasteiger partial charge < -0.3 is 19.4 Å². The van der Waals surface area contributed by atoms with E-state index in [0.717, 1.165) is 31.7 Å². The number of hydrogen-bond acceptors (Lipinski definition) is 4. The first-order valence-electron chi connectivity index (χ1n) is 7.83. The zero-order valence-electron chi connectivity index (χ0n) is 12.6. The Bertz CT molecular complexity index is 462. The van der Waals surface area contributed by atoms with Crippen LogP contribution in [0.3, 0.4) is 0 Å². The minimum atomic E-state index is -0.179. The second kappa shape index (κ2) is 6.20. The van der Waals surface area contributed by atoms with Crippen molar-refractivity contribution < 1.29 is 13.9 Å². The van der Waals surface area contributed by atoms with Crippen LogP contribution in [0.25, 0.3) is 0 Å². The summed E-state index contributed by atoms with van der Waals surface area (Å²) < 4.78 is 11.2. The van der Waals surface area contributed by atoms with Crippen molar-refractivity contribution in [1.29, 1.82) is 0 Å². The Morgan fingerprint density at radius 1 is 1.48 bits per heavy atom. The molecule has 21 heavy (non-hydrogen) atoms. The molecule has 0 aromatic carbocycles. The van der Waals surface area contributed by atoms with Crippen LogP contribution in [0.5, 0.6) is 0 Å². The monoisotopic (exact) mass is 292 g/mol. The highest BCUT2D eigenvalue weighted by atomic mass is 16.5. The van der Waals surface area contributed by atoms with Crippen molar-refractivity contribution in [3.63, 3.8) is 0 Å². The molecule has 0 atom stereocenters. The van der Waals surface area contributed by atoms with Crippen LogP contribution < -0.4 is 5.32 Å². The molecule has 1 saturated heterocycles. The average Bonchev–Trinajstić information content (AvgIpc) is 3.12. The molecule has 0 spiro atoms. The predicted molar refractivity (Wildman–Crippen MR) is 78.7 cm³/mol. The zero-order valence-corrected chi connectivity index (χ0v) is 12.6. The van der Waals surface area contributed by atoms with E-state index in [1.807, 2.05) is 24.0 Å². The first kappa shape index (κ1) is 14.6. The lowest BCUT2D eigenvalue weighted by Gasteiger charge is -2.39. The molecular formula is C16H24N2O3. The van der Waals surface area contributed by atoms with Crippen molar-refractivity contribution >= 4 is 5.91 Å². The van der Waals surface area contributed by atoms with Crippen molar-refractivity contribution in [2.24, 2.45) is 0 Å². The Balaban J connectivity index is 1.61. The van der Waals surface area contributed by atoms with Gasteiger partial charge in [0.15, 0.2) is 0 Å². The Labute approximate surface area is 125 Å². The molecule has 2 fully saturated rings. The Kier molecular flexibility index (Phi) is 4.31. The van der Waals surface area contributed by atoms with Crippen LogP contribution in [0.4, 0.5) is 0 Å². The second-order valence-electron chi connectivity index (χ2n) is 6.38. The highest BCUT2D eigenvalue weighted by Gasteiger charge is 2.34. The molecule has 2 aliphatic rings. The molecule has 1 aromatic rings. The maximum Gasteiger partial charge on any atom is 0.249 e. The number of carbonyl (C=O) groups is 1. The maximum atomic E-state index is 12.6. The molecule has 1 aliphatic heterocycles. The summed E-state index contributed by atoms with van der Waals surface area (Å²) in [6.07, 6.45) is 6.24. The molecule has 2 heterocycles. The fourth-order valence-corrected chi connectivity index (χ4v) is 3.11. The van der Waals surface area contributed by atoms with Crippen LogP contribution in [0.15, 0.2) is 22.8 Å². The number of hydrogen-bond donors (Lipinski definition) is 1. The van der Waals surface area contributed by atoms with Gasteiger partial charge >= 0.3 is 0 Å². The third kappa shape index (κ3) is 3.47. The van der Waals surface area contributed by atoms with Crippen LogP contribution in [0.1, 0.15) is 38.4 Å². The third-order valence-corrected chi connectivity index (χ3v) is 4.53. The third-order valence-electron chi connectivity index (χ3n) is 4.53. The largest absolute Gasteiger partial charge is 0.467 e. The summed E-state index contributed by atoms with van der Waals surface area (Å²) in [6, 6.07) is 4.12. The summed E-state index contributed by atoms with van der Waals surface area (Å²) in [5.41, 5.74) is -0.179. The average molecular weight is 292 g/mol. The standard InChI is InChI=1S/C16H24N2O3/c1-16(11-17-12-16)21-10-15(19)18(13-5-2-3-6-13)9-14-7-4-8-20-14/h4,7-8,13,17H,2-3,5-6,9-12H2,1H3. The Morgan fingerprint density at radius 3 is 2.81 bits per heavy atom. The van der Waals surface area contributed by atoms with Gasteiger partial charge in [0.05, 0.1) is 18.4 Å². The molecule has 1 aliphatic carbocycles. The van der Waals surface area contributed by atoms with Gasteiger partial charge in [0.25, 0.3) is 0 Å². The Hall–Kier alpha value is -1.33. The zero-order chi connectivity index (χ0) is 14.7. The molecule has 1 saturated carbocycles. The molecular weight excluding hydrogens is 268 g/mol. The molecule has 5 nitrogen and oxygen atoms in total. The van der Waals surface area contributed by atoms with E-state index in [0.29, 0.717) is 12.6 Å². The van der Waals surface area contributed by atoms with Crippen molar-refractivity contribution in [2.45, 2.75) is 50.8 Å². The van der Waals surface area contributed by atoms with Gasteiger partial charge in [0.1, 0.15) is 12.4 Å². The molecule has 5 heteroatoms. The number of rotatable bonds is 6. The molecule has 0 bridgehead atoms. The number of furan rings is 1. The minimum Gasteiger partial charge on any atom is -0.467 e. The first-order chi connectivity index (χ1) is 10.2. The van der Waals surface area contributed by atoms with E-state index in [-0.39, 0.29) is 18.1 Å². The summed E-state index contributed by atoms with van der Waals surface area (Å²) in [4.78, 5) is 14.5. The lowest BCUT2D eigenvalue weighted by atomic mass is 10.0. The van der Waals surface area contributed by atoms with Gasteiger partial charge in [0.2, 0.25) is 5.91 Å². The normalized spacial score (nSPS) is 21.2. The van der Waals surface area contributed by atoms with Crippen LogP contribution in [0.2, 0.25) is 0 Å². The number of ether oxygens (including phenoxy) is 1. The minimum absolute atomic E-state index is 0.0754. The van der Waals surface area contributed by atoms with E-state index in [1.54, 1.807) is 6.26 Å². The van der Waals surface area contributed by atoms with E-state index >= 15 is 0 Å². The summed E-state index contributed by atoms with van der Waals surface area (Å²) in [5.74, 6) is 0.915. The summed E-state index contributed by atoms with van der Waals surface area (Å²) in [6.45, 7) is 4.40. The van der Waals surface area contributed by atoms with E-state index in [1.165, 1.54) is 12.8 Å². The topological polar surface area (TPSA) is 54.7 Å². The van der Waals surface area contributed by atoms with Gasteiger partial charge in [-0.3, -0.25) is 4.79 Å². The molecule has 0 unspecified atom stereocenters. The smallest absolute Gasteiger partial charge is 0.249 e. The number of amides is 1. The van der Waals surface area contributed by atoms with Crippen molar-refractivity contribution in [3.05, 3.63) is 24.2 Å². The quantitative estimate of drug-likeness (QED) is 0.870. The lowest BCUT2D eigenvalue weighted by Crippen LogP contribution is -2.59. The Morgan fingerprint density at radius 2 is 2.24 bits per heavy atom. The van der Waals surface area contributed by atoms with Crippen LogP contribution in [-0.2, 0) is 16.1 Å². The number of nitrogens with one attached hydrogen (secondary N) is 1. The lowest BCUT2D eigenvalue weighted by molar-refractivity contribution is -0.149. The van der Waals surface area contributed by atoms with Gasteiger partial charge in [-0.15, -0.1) is 0 Å². The van der Waals surface area contributed by atoms with Gasteiger partial charge in [0, 0.05) is 19.1 Å². The summed E-state index contributed by atoms with van der Waals surface area (Å²) >= 11 is 0. The highest BCUT2D eigenvalue weighted by Crippen LogP contribution is 2.26. The SMILES string of the molecule is CC1(OCC(=O)N(Cc2ccco2)C2CCCC2)CNC1. The van der Waals surface area contributed by atoms with Gasteiger partial charge in [-0.05, 0) is 31.9 Å². The summed E-state index contributed by atoms with van der Waals surface area (Å²) in [5, 5.41) is 3.18. The molecule has 1 aromatic heterocycles. The number of carbonyl (C=O) groups excluding carboxylic acids is 1. The molecule has 116 valence electrons. The van der Waals surface area contributed by atoms with Gasteiger partial charge in [-0.25, -0.2) is 0 Å². The van der Waals surface area contributed by atoms with Crippen LogP contribution in [0, 0.1) is 0 Å². The summed E-state index contributed by atoms with van der Waals surface area (Å²) in [7, 11) is 0. The second-order valence-corrected chi connectivity index (χ2v) is 6.38.